The number of benzene rings is 1. The van der Waals surface area contributed by atoms with Crippen LogP contribution in [-0.2, 0) is 6.54 Å². The maximum Gasteiger partial charge on any atom is 0.224 e. The summed E-state index contributed by atoms with van der Waals surface area (Å²) >= 11 is 0. The first-order valence-corrected chi connectivity index (χ1v) is 9.30. The third-order valence-electron chi connectivity index (χ3n) is 4.81. The molecular weight excluding hydrogens is 336 g/mol. The molecule has 0 saturated carbocycles. The van der Waals surface area contributed by atoms with Gasteiger partial charge in [0, 0.05) is 57.0 Å². The van der Waals surface area contributed by atoms with Crippen molar-refractivity contribution in [2.24, 2.45) is 0 Å². The lowest BCUT2D eigenvalue weighted by Gasteiger charge is -2.36. The van der Waals surface area contributed by atoms with Crippen LogP contribution >= 0.6 is 0 Å². The first-order valence-electron chi connectivity index (χ1n) is 9.30. The Morgan fingerprint density at radius 2 is 1.70 bits per heavy atom. The number of aromatic nitrogens is 3. The molecule has 1 N–H and O–H groups in total. The van der Waals surface area contributed by atoms with Gasteiger partial charge < -0.3 is 15.1 Å². The van der Waals surface area contributed by atoms with Crippen LogP contribution in [-0.4, -0.2) is 41.1 Å². The third-order valence-corrected chi connectivity index (χ3v) is 4.81. The van der Waals surface area contributed by atoms with Crippen molar-refractivity contribution >= 4 is 17.5 Å². The SMILES string of the molecule is Cc1cccc(N2CCN(c3ccnc(NCc4ccncc4)n3)CC2)c1. The van der Waals surface area contributed by atoms with E-state index in [4.69, 9.17) is 4.98 Å². The number of rotatable bonds is 5. The van der Waals surface area contributed by atoms with Crippen LogP contribution in [0.1, 0.15) is 11.1 Å². The molecule has 0 atom stereocenters. The maximum atomic E-state index is 4.69. The summed E-state index contributed by atoms with van der Waals surface area (Å²) in [4.78, 5) is 17.8. The fraction of sp³-hybridized carbons (Fsp3) is 0.286. The first kappa shape index (κ1) is 17.3. The van der Waals surface area contributed by atoms with Gasteiger partial charge in [0.15, 0.2) is 0 Å². The molecule has 0 radical (unpaired) electrons. The first-order chi connectivity index (χ1) is 13.3. The number of piperazine rings is 1. The molecule has 1 aromatic carbocycles. The predicted molar refractivity (Wildman–Crippen MR) is 109 cm³/mol. The maximum absolute atomic E-state index is 4.69. The van der Waals surface area contributed by atoms with E-state index in [0.717, 1.165) is 37.6 Å². The molecule has 138 valence electrons. The molecule has 0 bridgehead atoms. The average Bonchev–Trinajstić information content (AvgIpc) is 2.73. The standard InChI is InChI=1S/C21H24N6/c1-17-3-2-4-19(15-17)26-11-13-27(14-12-26)20-7-10-23-21(25-20)24-16-18-5-8-22-9-6-18/h2-10,15H,11-14,16H2,1H3,(H,23,24,25). The van der Waals surface area contributed by atoms with Crippen molar-refractivity contribution in [3.8, 4) is 0 Å². The van der Waals surface area contributed by atoms with Gasteiger partial charge in [-0.1, -0.05) is 12.1 Å². The molecule has 27 heavy (non-hydrogen) atoms. The van der Waals surface area contributed by atoms with Gasteiger partial charge in [-0.15, -0.1) is 0 Å². The highest BCUT2D eigenvalue weighted by Gasteiger charge is 2.18. The Morgan fingerprint density at radius 3 is 2.48 bits per heavy atom. The quantitative estimate of drug-likeness (QED) is 0.754. The molecule has 1 aliphatic heterocycles. The number of hydrogen-bond donors (Lipinski definition) is 1. The largest absolute Gasteiger partial charge is 0.368 e. The second-order valence-electron chi connectivity index (χ2n) is 6.76. The summed E-state index contributed by atoms with van der Waals surface area (Å²) in [5, 5.41) is 3.29. The molecule has 0 amide bonds. The van der Waals surface area contributed by atoms with E-state index in [1.807, 2.05) is 24.4 Å². The minimum absolute atomic E-state index is 0.658. The number of hydrogen-bond acceptors (Lipinski definition) is 6. The van der Waals surface area contributed by atoms with Crippen LogP contribution in [0.3, 0.4) is 0 Å². The fourth-order valence-electron chi connectivity index (χ4n) is 3.31. The van der Waals surface area contributed by atoms with E-state index in [0.29, 0.717) is 12.5 Å². The minimum Gasteiger partial charge on any atom is -0.368 e. The zero-order valence-electron chi connectivity index (χ0n) is 15.5. The smallest absolute Gasteiger partial charge is 0.224 e. The molecule has 6 heteroatoms. The lowest BCUT2D eigenvalue weighted by Crippen LogP contribution is -2.46. The Labute approximate surface area is 159 Å². The molecule has 3 aromatic rings. The molecule has 1 fully saturated rings. The van der Waals surface area contributed by atoms with E-state index in [9.17, 15) is 0 Å². The molecule has 0 unspecified atom stereocenters. The van der Waals surface area contributed by atoms with E-state index in [-0.39, 0.29) is 0 Å². The summed E-state index contributed by atoms with van der Waals surface area (Å²) in [6, 6.07) is 14.7. The highest BCUT2D eigenvalue weighted by molar-refractivity contribution is 5.51. The van der Waals surface area contributed by atoms with Crippen molar-refractivity contribution < 1.29 is 0 Å². The Kier molecular flexibility index (Phi) is 5.14. The van der Waals surface area contributed by atoms with Gasteiger partial charge in [-0.25, -0.2) is 4.98 Å². The van der Waals surface area contributed by atoms with Crippen LogP contribution in [0.5, 0.6) is 0 Å². The Hall–Kier alpha value is -3.15. The van der Waals surface area contributed by atoms with Crippen molar-refractivity contribution in [3.63, 3.8) is 0 Å². The normalized spacial score (nSPS) is 14.3. The molecule has 0 aliphatic carbocycles. The third kappa shape index (κ3) is 4.34. The minimum atomic E-state index is 0.658. The van der Waals surface area contributed by atoms with Crippen LogP contribution in [0.4, 0.5) is 17.5 Å². The number of aryl methyl sites for hydroxylation is 1. The molecule has 1 saturated heterocycles. The second-order valence-corrected chi connectivity index (χ2v) is 6.76. The highest BCUT2D eigenvalue weighted by Crippen LogP contribution is 2.20. The molecule has 2 aromatic heterocycles. The van der Waals surface area contributed by atoms with Crippen LogP contribution < -0.4 is 15.1 Å². The average molecular weight is 360 g/mol. The number of anilines is 3. The summed E-state index contributed by atoms with van der Waals surface area (Å²) in [6.45, 7) is 6.72. The van der Waals surface area contributed by atoms with Crippen LogP contribution in [0.2, 0.25) is 0 Å². The van der Waals surface area contributed by atoms with Gasteiger partial charge in [0.25, 0.3) is 0 Å². The molecule has 0 spiro atoms. The zero-order chi connectivity index (χ0) is 18.5. The fourth-order valence-corrected chi connectivity index (χ4v) is 3.31. The monoisotopic (exact) mass is 360 g/mol. The van der Waals surface area contributed by atoms with E-state index >= 15 is 0 Å². The van der Waals surface area contributed by atoms with Gasteiger partial charge in [0.2, 0.25) is 5.95 Å². The van der Waals surface area contributed by atoms with Crippen LogP contribution in [0.25, 0.3) is 0 Å². The summed E-state index contributed by atoms with van der Waals surface area (Å²) in [5.41, 5.74) is 3.76. The number of nitrogens with zero attached hydrogens (tertiary/aromatic N) is 5. The zero-order valence-corrected chi connectivity index (χ0v) is 15.5. The summed E-state index contributed by atoms with van der Waals surface area (Å²) in [5.74, 6) is 1.64. The number of pyridine rings is 1. The highest BCUT2D eigenvalue weighted by atomic mass is 15.3. The van der Waals surface area contributed by atoms with Crippen molar-refractivity contribution in [1.29, 1.82) is 0 Å². The molecular formula is C21H24N6. The molecule has 3 heterocycles. The Bertz CT molecular complexity index is 875. The summed E-state index contributed by atoms with van der Waals surface area (Å²) in [6.07, 6.45) is 5.41. The topological polar surface area (TPSA) is 57.2 Å². The van der Waals surface area contributed by atoms with Crippen molar-refractivity contribution in [1.82, 2.24) is 15.0 Å². The van der Waals surface area contributed by atoms with Crippen LogP contribution in [0.15, 0.2) is 61.1 Å². The molecule has 1 aliphatic rings. The van der Waals surface area contributed by atoms with Crippen molar-refractivity contribution in [2.75, 3.05) is 41.3 Å². The Balaban J connectivity index is 1.37. The van der Waals surface area contributed by atoms with Gasteiger partial charge in [-0.2, -0.15) is 4.98 Å². The predicted octanol–water partition coefficient (Wildman–Crippen LogP) is 3.12. The van der Waals surface area contributed by atoms with Crippen molar-refractivity contribution in [2.45, 2.75) is 13.5 Å². The van der Waals surface area contributed by atoms with E-state index in [1.165, 1.54) is 11.3 Å². The van der Waals surface area contributed by atoms with Gasteiger partial charge >= 0.3 is 0 Å². The van der Waals surface area contributed by atoms with E-state index in [2.05, 4.69) is 56.3 Å². The van der Waals surface area contributed by atoms with E-state index < -0.39 is 0 Å². The molecule has 4 rings (SSSR count). The summed E-state index contributed by atoms with van der Waals surface area (Å²) < 4.78 is 0. The number of nitrogens with one attached hydrogen (secondary N) is 1. The lowest BCUT2D eigenvalue weighted by molar-refractivity contribution is 0.647. The van der Waals surface area contributed by atoms with E-state index in [1.54, 1.807) is 12.4 Å². The second kappa shape index (κ2) is 8.03. The Morgan fingerprint density at radius 1 is 0.926 bits per heavy atom. The lowest BCUT2D eigenvalue weighted by atomic mass is 10.2. The van der Waals surface area contributed by atoms with Crippen molar-refractivity contribution in [3.05, 3.63) is 72.2 Å². The molecule has 6 nitrogen and oxygen atoms in total. The van der Waals surface area contributed by atoms with Crippen LogP contribution in [0, 0.1) is 6.92 Å². The van der Waals surface area contributed by atoms with Gasteiger partial charge in [-0.05, 0) is 48.4 Å². The van der Waals surface area contributed by atoms with Gasteiger partial charge in [0.05, 0.1) is 0 Å². The van der Waals surface area contributed by atoms with Gasteiger partial charge in [-0.3, -0.25) is 4.98 Å². The summed E-state index contributed by atoms with van der Waals surface area (Å²) in [7, 11) is 0. The van der Waals surface area contributed by atoms with Gasteiger partial charge in [0.1, 0.15) is 5.82 Å².